The van der Waals surface area contributed by atoms with Gasteiger partial charge in [-0.1, -0.05) is 11.6 Å². The van der Waals surface area contributed by atoms with Gasteiger partial charge in [-0.3, -0.25) is 0 Å². The van der Waals surface area contributed by atoms with E-state index in [0.717, 1.165) is 16.4 Å². The fourth-order valence-corrected chi connectivity index (χ4v) is 3.06. The summed E-state index contributed by atoms with van der Waals surface area (Å²) in [7, 11) is 0. The predicted molar refractivity (Wildman–Crippen MR) is 75.2 cm³/mol. The number of carbonyl (C=O) groups is 1. The zero-order valence-electron chi connectivity index (χ0n) is 9.80. The van der Waals surface area contributed by atoms with E-state index in [-0.39, 0.29) is 0 Å². The smallest absolute Gasteiger partial charge is 0.345 e. The zero-order chi connectivity index (χ0) is 13.4. The molecule has 0 saturated heterocycles. The first-order valence-corrected chi connectivity index (χ1v) is 6.87. The summed E-state index contributed by atoms with van der Waals surface area (Å²) in [5.74, 6) is -0.176. The van der Waals surface area contributed by atoms with E-state index in [1.807, 2.05) is 17.0 Å². The molecule has 1 N–H and O–H groups in total. The van der Waals surface area contributed by atoms with Crippen molar-refractivity contribution in [1.29, 1.82) is 0 Å². The molecule has 0 bridgehead atoms. The Hall–Kier alpha value is -1.72. The van der Waals surface area contributed by atoms with Crippen molar-refractivity contribution in [1.82, 2.24) is 0 Å². The summed E-state index contributed by atoms with van der Waals surface area (Å²) in [5, 5.41) is 10.5. The van der Waals surface area contributed by atoms with Crippen LogP contribution >= 0.6 is 22.9 Å². The first-order valence-electron chi connectivity index (χ1n) is 5.68. The highest BCUT2D eigenvalue weighted by Gasteiger charge is 2.21. The van der Waals surface area contributed by atoms with Crippen LogP contribution in [0.25, 0.3) is 0 Å². The zero-order valence-corrected chi connectivity index (χ0v) is 11.4. The molecule has 0 saturated carbocycles. The third-order valence-electron chi connectivity index (χ3n) is 2.85. The molecule has 0 aliphatic carbocycles. The molecule has 0 radical (unpaired) electrons. The van der Waals surface area contributed by atoms with Gasteiger partial charge < -0.3 is 14.7 Å². The van der Waals surface area contributed by atoms with E-state index < -0.39 is 5.97 Å². The molecule has 1 aromatic heterocycles. The number of halogens is 1. The summed E-state index contributed by atoms with van der Waals surface area (Å²) in [6, 6.07) is 8.89. The molecule has 2 heterocycles. The number of ether oxygens (including phenoxy) is 1. The average molecular weight is 296 g/mol. The van der Waals surface area contributed by atoms with Crippen molar-refractivity contribution in [3.63, 3.8) is 0 Å². The van der Waals surface area contributed by atoms with Gasteiger partial charge in [0.1, 0.15) is 17.2 Å². The van der Waals surface area contributed by atoms with Crippen LogP contribution in [0.4, 0.5) is 10.7 Å². The van der Waals surface area contributed by atoms with E-state index in [1.165, 1.54) is 11.3 Å². The molecule has 0 spiro atoms. The topological polar surface area (TPSA) is 49.8 Å². The van der Waals surface area contributed by atoms with Crippen LogP contribution < -0.4 is 9.64 Å². The van der Waals surface area contributed by atoms with Gasteiger partial charge in [0.05, 0.1) is 17.2 Å². The van der Waals surface area contributed by atoms with Crippen LogP contribution in [0.5, 0.6) is 5.75 Å². The largest absolute Gasteiger partial charge is 0.489 e. The van der Waals surface area contributed by atoms with Gasteiger partial charge >= 0.3 is 5.97 Å². The molecular formula is C13H10ClNO3S. The van der Waals surface area contributed by atoms with Crippen molar-refractivity contribution >= 4 is 39.6 Å². The van der Waals surface area contributed by atoms with E-state index in [4.69, 9.17) is 21.4 Å². The molecule has 0 unspecified atom stereocenters. The van der Waals surface area contributed by atoms with Crippen LogP contribution in [0.3, 0.4) is 0 Å². The number of benzene rings is 1. The molecule has 6 heteroatoms. The lowest BCUT2D eigenvalue weighted by atomic mass is 10.2. The maximum atomic E-state index is 10.9. The number of rotatable bonds is 2. The first-order chi connectivity index (χ1) is 9.15. The molecule has 19 heavy (non-hydrogen) atoms. The van der Waals surface area contributed by atoms with Gasteiger partial charge in [0.15, 0.2) is 0 Å². The van der Waals surface area contributed by atoms with Crippen LogP contribution in [0.15, 0.2) is 30.3 Å². The van der Waals surface area contributed by atoms with Crippen LogP contribution in [0, 0.1) is 0 Å². The fraction of sp³-hybridized carbons (Fsp3) is 0.154. The molecule has 2 aromatic rings. The monoisotopic (exact) mass is 295 g/mol. The second-order valence-electron chi connectivity index (χ2n) is 4.06. The molecule has 1 aliphatic rings. The molecule has 1 aliphatic heterocycles. The van der Waals surface area contributed by atoms with Gasteiger partial charge in [-0.05, 0) is 24.3 Å². The predicted octanol–water partition coefficient (Wildman–Crippen LogP) is 3.63. The number of anilines is 2. The van der Waals surface area contributed by atoms with Crippen molar-refractivity contribution < 1.29 is 14.6 Å². The minimum absolute atomic E-state index is 0.331. The van der Waals surface area contributed by atoms with Gasteiger partial charge in [-0.2, -0.15) is 0 Å². The van der Waals surface area contributed by atoms with Crippen molar-refractivity contribution in [3.8, 4) is 5.75 Å². The maximum Gasteiger partial charge on any atom is 0.345 e. The lowest BCUT2D eigenvalue weighted by molar-refractivity contribution is 0.0702. The Balaban J connectivity index is 2.00. The molecule has 3 rings (SSSR count). The fourth-order valence-electron chi connectivity index (χ4n) is 2.01. The van der Waals surface area contributed by atoms with Gasteiger partial charge in [-0.15, -0.1) is 11.3 Å². The standard InChI is InChI=1S/C13H10ClNO3S/c14-8-1-2-9-10(7-8)18-6-5-15(9)12-4-3-11(19-12)13(16)17/h1-4,7H,5-6H2,(H,16,17). The Morgan fingerprint density at radius 1 is 1.37 bits per heavy atom. The molecular weight excluding hydrogens is 286 g/mol. The summed E-state index contributed by atoms with van der Waals surface area (Å²) in [6.45, 7) is 1.24. The SMILES string of the molecule is O=C(O)c1ccc(N2CCOc3cc(Cl)ccc32)s1. The third kappa shape index (κ3) is 2.27. The number of hydrogen-bond acceptors (Lipinski definition) is 4. The van der Waals surface area contributed by atoms with Crippen molar-refractivity contribution in [3.05, 3.63) is 40.2 Å². The Labute approximate surface area is 118 Å². The number of thiophene rings is 1. The van der Waals surface area contributed by atoms with E-state index in [2.05, 4.69) is 0 Å². The first kappa shape index (κ1) is 12.3. The van der Waals surface area contributed by atoms with Gasteiger partial charge in [-0.25, -0.2) is 4.79 Å². The van der Waals surface area contributed by atoms with Crippen molar-refractivity contribution in [2.24, 2.45) is 0 Å². The minimum atomic E-state index is -0.902. The second kappa shape index (κ2) is 4.75. The Morgan fingerprint density at radius 2 is 2.21 bits per heavy atom. The van der Waals surface area contributed by atoms with Crippen LogP contribution in [-0.4, -0.2) is 24.2 Å². The number of hydrogen-bond donors (Lipinski definition) is 1. The molecule has 1 aromatic carbocycles. The highest BCUT2D eigenvalue weighted by Crippen LogP contribution is 2.40. The number of aromatic carboxylic acids is 1. The molecule has 98 valence electrons. The van der Waals surface area contributed by atoms with E-state index in [0.29, 0.717) is 23.1 Å². The normalized spacial score (nSPS) is 13.8. The minimum Gasteiger partial charge on any atom is -0.489 e. The van der Waals surface area contributed by atoms with Gasteiger partial charge in [0, 0.05) is 11.1 Å². The molecule has 4 nitrogen and oxygen atoms in total. The molecule has 0 atom stereocenters. The number of carboxylic acid groups (broad SMARTS) is 1. The summed E-state index contributed by atoms with van der Waals surface area (Å²) >= 11 is 7.20. The van der Waals surface area contributed by atoms with Gasteiger partial charge in [0.2, 0.25) is 0 Å². The van der Waals surface area contributed by atoms with E-state index in [9.17, 15) is 4.79 Å². The third-order valence-corrected chi connectivity index (χ3v) is 4.19. The van der Waals surface area contributed by atoms with Gasteiger partial charge in [0.25, 0.3) is 0 Å². The summed E-state index contributed by atoms with van der Waals surface area (Å²) < 4.78 is 5.57. The van der Waals surface area contributed by atoms with Crippen molar-refractivity contribution in [2.45, 2.75) is 0 Å². The Morgan fingerprint density at radius 3 is 2.95 bits per heavy atom. The lowest BCUT2D eigenvalue weighted by Gasteiger charge is -2.30. The highest BCUT2D eigenvalue weighted by molar-refractivity contribution is 7.17. The maximum absolute atomic E-state index is 10.9. The quantitative estimate of drug-likeness (QED) is 0.919. The van der Waals surface area contributed by atoms with Crippen LogP contribution in [0.1, 0.15) is 9.67 Å². The van der Waals surface area contributed by atoms with E-state index >= 15 is 0 Å². The lowest BCUT2D eigenvalue weighted by Crippen LogP contribution is -2.27. The van der Waals surface area contributed by atoms with E-state index in [1.54, 1.807) is 18.2 Å². The number of nitrogens with zero attached hydrogens (tertiary/aromatic N) is 1. The second-order valence-corrected chi connectivity index (χ2v) is 5.55. The Bertz CT molecular complexity index is 641. The highest BCUT2D eigenvalue weighted by atomic mass is 35.5. The number of carboxylic acids is 1. The Kier molecular flexibility index (Phi) is 3.08. The summed E-state index contributed by atoms with van der Waals surface area (Å²) in [4.78, 5) is 13.3. The number of fused-ring (bicyclic) bond motifs is 1. The average Bonchev–Trinajstić information content (AvgIpc) is 2.87. The van der Waals surface area contributed by atoms with Crippen LogP contribution in [0.2, 0.25) is 5.02 Å². The molecule has 0 fully saturated rings. The summed E-state index contributed by atoms with van der Waals surface area (Å²) in [5.41, 5.74) is 0.912. The summed E-state index contributed by atoms with van der Waals surface area (Å²) in [6.07, 6.45) is 0. The molecule has 0 amide bonds. The van der Waals surface area contributed by atoms with Crippen LogP contribution in [-0.2, 0) is 0 Å². The van der Waals surface area contributed by atoms with Crippen molar-refractivity contribution in [2.75, 3.05) is 18.1 Å².